The van der Waals surface area contributed by atoms with E-state index < -0.39 is 0 Å². The maximum atomic E-state index is 6.34. The molecule has 19 heavy (non-hydrogen) atoms. The molecular weight excluding hydrogens is 281 g/mol. The fourth-order valence-corrected chi connectivity index (χ4v) is 2.49. The number of aryl methyl sites for hydroxylation is 1. The number of benzene rings is 1. The smallest absolute Gasteiger partial charge is 0.0848 e. The van der Waals surface area contributed by atoms with Gasteiger partial charge in [-0.15, -0.1) is 0 Å². The van der Waals surface area contributed by atoms with Crippen LogP contribution in [0.15, 0.2) is 18.2 Å². The third kappa shape index (κ3) is 2.64. The van der Waals surface area contributed by atoms with Crippen LogP contribution in [0.5, 0.6) is 0 Å². The van der Waals surface area contributed by atoms with Gasteiger partial charge in [-0.25, -0.2) is 4.68 Å². The van der Waals surface area contributed by atoms with E-state index in [4.69, 9.17) is 23.2 Å². The highest BCUT2D eigenvalue weighted by molar-refractivity contribution is 6.32. The van der Waals surface area contributed by atoms with Crippen LogP contribution in [-0.2, 0) is 0 Å². The molecule has 2 aromatic rings. The summed E-state index contributed by atoms with van der Waals surface area (Å²) in [6.07, 6.45) is 0. The Kier molecular flexibility index (Phi) is 4.19. The Bertz CT molecular complexity index is 605. The van der Waals surface area contributed by atoms with Crippen LogP contribution in [-0.4, -0.2) is 16.8 Å². The Hall–Kier alpha value is -1.03. The second kappa shape index (κ2) is 5.53. The average Bonchev–Trinajstić information content (AvgIpc) is 2.65. The molecular formula is C14H17Cl2N3. The van der Waals surface area contributed by atoms with Gasteiger partial charge in [-0.1, -0.05) is 29.3 Å². The monoisotopic (exact) mass is 297 g/mol. The van der Waals surface area contributed by atoms with E-state index in [-0.39, 0.29) is 6.04 Å². The maximum absolute atomic E-state index is 6.34. The van der Waals surface area contributed by atoms with Crippen LogP contribution in [0.1, 0.15) is 29.9 Å². The standard InChI is InChI=1S/C14H17Cl2N3/c1-8(17-4)12-6-5-11(7-13(12)15)19-10(3)14(16)9(2)18-19/h5-8,17H,1-4H3. The number of nitrogens with zero attached hydrogens (tertiary/aromatic N) is 2. The van der Waals surface area contributed by atoms with Gasteiger partial charge in [-0.3, -0.25) is 0 Å². The molecule has 102 valence electrons. The minimum atomic E-state index is 0.214. The molecule has 0 aliphatic carbocycles. The van der Waals surface area contributed by atoms with Crippen molar-refractivity contribution in [2.24, 2.45) is 0 Å². The molecule has 1 N–H and O–H groups in total. The Morgan fingerprint density at radius 2 is 1.95 bits per heavy atom. The van der Waals surface area contributed by atoms with Crippen molar-refractivity contribution >= 4 is 23.2 Å². The number of hydrogen-bond acceptors (Lipinski definition) is 2. The summed E-state index contributed by atoms with van der Waals surface area (Å²) in [6, 6.07) is 6.15. The molecule has 1 atom stereocenters. The van der Waals surface area contributed by atoms with Gasteiger partial charge in [0, 0.05) is 11.1 Å². The van der Waals surface area contributed by atoms with E-state index in [9.17, 15) is 0 Å². The van der Waals surface area contributed by atoms with E-state index in [1.54, 1.807) is 0 Å². The molecule has 0 aliphatic rings. The second-order valence-electron chi connectivity index (χ2n) is 4.61. The first-order valence-electron chi connectivity index (χ1n) is 6.14. The minimum absolute atomic E-state index is 0.214. The van der Waals surface area contributed by atoms with Gasteiger partial charge in [0.2, 0.25) is 0 Å². The Morgan fingerprint density at radius 1 is 1.26 bits per heavy atom. The Balaban J connectivity index is 2.47. The van der Waals surface area contributed by atoms with E-state index in [2.05, 4.69) is 17.3 Å². The highest BCUT2D eigenvalue weighted by Crippen LogP contribution is 2.28. The lowest BCUT2D eigenvalue weighted by Crippen LogP contribution is -2.13. The lowest BCUT2D eigenvalue weighted by Gasteiger charge is -2.14. The van der Waals surface area contributed by atoms with Gasteiger partial charge < -0.3 is 5.32 Å². The van der Waals surface area contributed by atoms with Gasteiger partial charge in [0.05, 0.1) is 22.1 Å². The molecule has 0 radical (unpaired) electrons. The van der Waals surface area contributed by atoms with Crippen LogP contribution in [0.4, 0.5) is 0 Å². The van der Waals surface area contributed by atoms with Crippen molar-refractivity contribution in [3.8, 4) is 5.69 Å². The molecule has 1 unspecified atom stereocenters. The average molecular weight is 298 g/mol. The third-order valence-corrected chi connectivity index (χ3v) is 4.21. The van der Waals surface area contributed by atoms with Crippen molar-refractivity contribution in [3.63, 3.8) is 0 Å². The lowest BCUT2D eigenvalue weighted by atomic mass is 10.1. The molecule has 0 aliphatic heterocycles. The quantitative estimate of drug-likeness (QED) is 0.925. The largest absolute Gasteiger partial charge is 0.313 e. The molecule has 0 saturated carbocycles. The molecule has 0 amide bonds. The normalized spacial score (nSPS) is 12.7. The number of aromatic nitrogens is 2. The van der Waals surface area contributed by atoms with E-state index in [0.29, 0.717) is 5.02 Å². The number of halogens is 2. The van der Waals surface area contributed by atoms with Crippen molar-refractivity contribution in [1.29, 1.82) is 0 Å². The van der Waals surface area contributed by atoms with Crippen LogP contribution in [0.3, 0.4) is 0 Å². The predicted molar refractivity (Wildman–Crippen MR) is 80.5 cm³/mol. The summed E-state index contributed by atoms with van der Waals surface area (Å²) in [7, 11) is 1.91. The van der Waals surface area contributed by atoms with Crippen LogP contribution in [0.2, 0.25) is 10.0 Å². The number of rotatable bonds is 3. The van der Waals surface area contributed by atoms with E-state index in [1.165, 1.54) is 0 Å². The summed E-state index contributed by atoms with van der Waals surface area (Å²) in [5, 5.41) is 9.03. The zero-order valence-electron chi connectivity index (χ0n) is 11.5. The Morgan fingerprint density at radius 3 is 2.42 bits per heavy atom. The summed E-state index contributed by atoms with van der Waals surface area (Å²) < 4.78 is 1.82. The van der Waals surface area contributed by atoms with Gasteiger partial charge >= 0.3 is 0 Å². The summed E-state index contributed by atoms with van der Waals surface area (Å²) in [6.45, 7) is 5.91. The van der Waals surface area contributed by atoms with Crippen LogP contribution < -0.4 is 5.32 Å². The zero-order valence-corrected chi connectivity index (χ0v) is 13.0. The van der Waals surface area contributed by atoms with Crippen molar-refractivity contribution in [2.45, 2.75) is 26.8 Å². The fraction of sp³-hybridized carbons (Fsp3) is 0.357. The predicted octanol–water partition coefficient (Wildman–Crippen LogP) is 4.08. The van der Waals surface area contributed by atoms with Gasteiger partial charge in [0.15, 0.2) is 0 Å². The summed E-state index contributed by atoms with van der Waals surface area (Å²) in [4.78, 5) is 0. The lowest BCUT2D eigenvalue weighted by molar-refractivity contribution is 0.652. The highest BCUT2D eigenvalue weighted by Gasteiger charge is 2.13. The maximum Gasteiger partial charge on any atom is 0.0848 e. The summed E-state index contributed by atoms with van der Waals surface area (Å²) in [5.74, 6) is 0. The molecule has 0 saturated heterocycles. The molecule has 1 aromatic carbocycles. The van der Waals surface area contributed by atoms with E-state index in [0.717, 1.165) is 27.7 Å². The second-order valence-corrected chi connectivity index (χ2v) is 5.40. The Labute approximate surface area is 123 Å². The van der Waals surface area contributed by atoms with Crippen molar-refractivity contribution in [3.05, 3.63) is 45.2 Å². The molecule has 1 aromatic heterocycles. The third-order valence-electron chi connectivity index (χ3n) is 3.33. The minimum Gasteiger partial charge on any atom is -0.313 e. The van der Waals surface area contributed by atoms with Crippen LogP contribution >= 0.6 is 23.2 Å². The highest BCUT2D eigenvalue weighted by atomic mass is 35.5. The zero-order chi connectivity index (χ0) is 14.2. The first kappa shape index (κ1) is 14.4. The first-order chi connectivity index (χ1) is 8.95. The molecule has 3 nitrogen and oxygen atoms in total. The van der Waals surface area contributed by atoms with E-state index in [1.807, 2.05) is 43.8 Å². The molecule has 1 heterocycles. The summed E-state index contributed by atoms with van der Waals surface area (Å²) >= 11 is 12.5. The van der Waals surface area contributed by atoms with Gasteiger partial charge in [-0.2, -0.15) is 5.10 Å². The summed E-state index contributed by atoms with van der Waals surface area (Å²) in [5.41, 5.74) is 3.73. The van der Waals surface area contributed by atoms with Crippen LogP contribution in [0.25, 0.3) is 5.69 Å². The van der Waals surface area contributed by atoms with E-state index >= 15 is 0 Å². The topological polar surface area (TPSA) is 29.9 Å². The molecule has 2 rings (SSSR count). The first-order valence-corrected chi connectivity index (χ1v) is 6.90. The van der Waals surface area contributed by atoms with Crippen LogP contribution in [0, 0.1) is 13.8 Å². The van der Waals surface area contributed by atoms with Gasteiger partial charge in [0.1, 0.15) is 0 Å². The van der Waals surface area contributed by atoms with Crippen molar-refractivity contribution in [1.82, 2.24) is 15.1 Å². The van der Waals surface area contributed by atoms with Crippen molar-refractivity contribution < 1.29 is 0 Å². The van der Waals surface area contributed by atoms with Gasteiger partial charge in [-0.05, 0) is 45.5 Å². The van der Waals surface area contributed by atoms with Gasteiger partial charge in [0.25, 0.3) is 0 Å². The fourth-order valence-electron chi connectivity index (χ4n) is 2.03. The van der Waals surface area contributed by atoms with Crippen molar-refractivity contribution in [2.75, 3.05) is 7.05 Å². The molecule has 0 bridgehead atoms. The molecule has 0 spiro atoms. The number of hydrogen-bond donors (Lipinski definition) is 1. The molecule has 0 fully saturated rings. The molecule has 5 heteroatoms. The number of nitrogens with one attached hydrogen (secondary N) is 1. The SMILES string of the molecule is CNC(C)c1ccc(-n2nc(C)c(Cl)c2C)cc1Cl.